The highest BCUT2D eigenvalue weighted by molar-refractivity contribution is 5.88. The Kier molecular flexibility index (Phi) is 3.79. The minimum absolute atomic E-state index is 0.0609. The van der Waals surface area contributed by atoms with Gasteiger partial charge in [-0.15, -0.1) is 0 Å². The predicted molar refractivity (Wildman–Crippen MR) is 72.7 cm³/mol. The molecule has 0 saturated carbocycles. The third-order valence-corrected chi connectivity index (χ3v) is 2.67. The Labute approximate surface area is 110 Å². The molecule has 19 heavy (non-hydrogen) atoms. The third-order valence-electron chi connectivity index (χ3n) is 2.67. The highest BCUT2D eigenvalue weighted by atomic mass is 16.2. The molecule has 0 fully saturated rings. The highest BCUT2D eigenvalue weighted by Crippen LogP contribution is 2.21. The molecule has 0 unspecified atom stereocenters. The summed E-state index contributed by atoms with van der Waals surface area (Å²) in [6.07, 6.45) is 1.53. The molecule has 102 valence electrons. The van der Waals surface area contributed by atoms with E-state index in [4.69, 9.17) is 5.73 Å². The number of H-pyrrole nitrogens is 1. The van der Waals surface area contributed by atoms with Crippen LogP contribution in [0.5, 0.6) is 0 Å². The Morgan fingerprint density at radius 2 is 2.26 bits per heavy atom. The number of nitrogens with one attached hydrogen (secondary N) is 2. The summed E-state index contributed by atoms with van der Waals surface area (Å²) in [5.74, 6) is 0.673. The van der Waals surface area contributed by atoms with Crippen molar-refractivity contribution >= 4 is 28.8 Å². The van der Waals surface area contributed by atoms with Gasteiger partial charge in [-0.05, 0) is 13.8 Å². The number of hydrogen-bond donors (Lipinski definition) is 3. The van der Waals surface area contributed by atoms with Crippen molar-refractivity contribution in [3.8, 4) is 0 Å². The molecule has 1 amide bonds. The SMILES string of the molecule is CCNC(=O)CN(CC)c1nc(N)nc2nc[nH]c12. The number of aromatic nitrogens is 4. The molecule has 2 aromatic rings. The molecule has 0 radical (unpaired) electrons. The molecule has 4 N–H and O–H groups in total. The van der Waals surface area contributed by atoms with E-state index in [1.54, 1.807) is 0 Å². The number of carbonyl (C=O) groups is 1. The van der Waals surface area contributed by atoms with Gasteiger partial charge in [0.15, 0.2) is 11.5 Å². The van der Waals surface area contributed by atoms with E-state index in [9.17, 15) is 4.79 Å². The van der Waals surface area contributed by atoms with E-state index >= 15 is 0 Å². The fourth-order valence-electron chi connectivity index (χ4n) is 1.83. The summed E-state index contributed by atoms with van der Waals surface area (Å²) in [4.78, 5) is 28.8. The first kappa shape index (κ1) is 13.1. The van der Waals surface area contributed by atoms with Gasteiger partial charge in [0.1, 0.15) is 5.52 Å². The van der Waals surface area contributed by atoms with E-state index in [0.717, 1.165) is 0 Å². The number of carbonyl (C=O) groups excluding carboxylic acids is 1. The van der Waals surface area contributed by atoms with Gasteiger partial charge in [-0.1, -0.05) is 0 Å². The summed E-state index contributed by atoms with van der Waals surface area (Å²) in [5, 5.41) is 2.76. The van der Waals surface area contributed by atoms with E-state index in [1.807, 2.05) is 18.7 Å². The van der Waals surface area contributed by atoms with Crippen molar-refractivity contribution < 1.29 is 4.79 Å². The molecule has 8 nitrogen and oxygen atoms in total. The van der Waals surface area contributed by atoms with Crippen molar-refractivity contribution in [2.24, 2.45) is 0 Å². The summed E-state index contributed by atoms with van der Waals surface area (Å²) < 4.78 is 0. The molecule has 0 aliphatic heterocycles. The lowest BCUT2D eigenvalue weighted by molar-refractivity contribution is -0.119. The maximum atomic E-state index is 11.7. The minimum Gasteiger partial charge on any atom is -0.368 e. The molecule has 8 heteroatoms. The number of nitrogens with zero attached hydrogens (tertiary/aromatic N) is 4. The summed E-state index contributed by atoms with van der Waals surface area (Å²) >= 11 is 0. The zero-order chi connectivity index (χ0) is 13.8. The zero-order valence-electron chi connectivity index (χ0n) is 11.0. The van der Waals surface area contributed by atoms with Crippen LogP contribution >= 0.6 is 0 Å². The number of anilines is 2. The van der Waals surface area contributed by atoms with Gasteiger partial charge in [0.05, 0.1) is 12.9 Å². The van der Waals surface area contributed by atoms with Crippen LogP contribution in [0.4, 0.5) is 11.8 Å². The van der Waals surface area contributed by atoms with Crippen LogP contribution in [0.2, 0.25) is 0 Å². The van der Waals surface area contributed by atoms with Gasteiger partial charge in [0.2, 0.25) is 11.9 Å². The number of amides is 1. The number of fused-ring (bicyclic) bond motifs is 1. The van der Waals surface area contributed by atoms with E-state index in [-0.39, 0.29) is 18.4 Å². The second-order valence-electron chi connectivity index (χ2n) is 3.97. The minimum atomic E-state index is -0.0609. The second-order valence-corrected chi connectivity index (χ2v) is 3.97. The fourth-order valence-corrected chi connectivity index (χ4v) is 1.83. The molecule has 0 spiro atoms. The van der Waals surface area contributed by atoms with Crippen LogP contribution in [-0.4, -0.2) is 45.5 Å². The highest BCUT2D eigenvalue weighted by Gasteiger charge is 2.16. The first-order valence-electron chi connectivity index (χ1n) is 6.14. The average Bonchev–Trinajstić information content (AvgIpc) is 2.83. The Balaban J connectivity index is 2.34. The molecule has 0 atom stereocenters. The molecule has 0 bridgehead atoms. The Bertz CT molecular complexity index is 579. The van der Waals surface area contributed by atoms with Gasteiger partial charge in [-0.2, -0.15) is 9.97 Å². The van der Waals surface area contributed by atoms with Gasteiger partial charge in [0.25, 0.3) is 0 Å². The molecule has 2 rings (SSSR count). The average molecular weight is 263 g/mol. The molecule has 0 saturated heterocycles. The Morgan fingerprint density at radius 1 is 1.47 bits per heavy atom. The maximum absolute atomic E-state index is 11.7. The van der Waals surface area contributed by atoms with E-state index < -0.39 is 0 Å². The monoisotopic (exact) mass is 263 g/mol. The maximum Gasteiger partial charge on any atom is 0.239 e. The van der Waals surface area contributed by atoms with Crippen LogP contribution in [0, 0.1) is 0 Å². The van der Waals surface area contributed by atoms with Crippen molar-refractivity contribution in [2.75, 3.05) is 30.3 Å². The van der Waals surface area contributed by atoms with Gasteiger partial charge in [-0.3, -0.25) is 4.79 Å². The van der Waals surface area contributed by atoms with Crippen LogP contribution in [0.15, 0.2) is 6.33 Å². The summed E-state index contributed by atoms with van der Waals surface area (Å²) in [5.41, 5.74) is 6.84. The van der Waals surface area contributed by atoms with Crippen molar-refractivity contribution in [1.82, 2.24) is 25.3 Å². The Morgan fingerprint density at radius 3 is 2.95 bits per heavy atom. The number of likely N-dealkylation sites (N-methyl/N-ethyl adjacent to an activating group) is 2. The first-order chi connectivity index (χ1) is 9.15. The number of hydrogen-bond acceptors (Lipinski definition) is 6. The zero-order valence-corrected chi connectivity index (χ0v) is 11.0. The van der Waals surface area contributed by atoms with Gasteiger partial charge < -0.3 is 20.9 Å². The van der Waals surface area contributed by atoms with E-state index in [0.29, 0.717) is 30.1 Å². The topological polar surface area (TPSA) is 113 Å². The number of rotatable bonds is 5. The Hall–Kier alpha value is -2.38. The van der Waals surface area contributed by atoms with Crippen LogP contribution in [0.3, 0.4) is 0 Å². The van der Waals surface area contributed by atoms with Gasteiger partial charge in [-0.25, -0.2) is 4.98 Å². The van der Waals surface area contributed by atoms with E-state index in [2.05, 4.69) is 25.3 Å². The second kappa shape index (κ2) is 5.51. The standard InChI is InChI=1S/C11H17N7O/c1-3-13-7(19)5-18(4-2)10-8-9(15-6-14-8)16-11(12)17-10/h6H,3-5H2,1-2H3,(H,13,19)(H3,12,14,15,16,17). The lowest BCUT2D eigenvalue weighted by atomic mass is 10.4. The third kappa shape index (κ3) is 2.72. The van der Waals surface area contributed by atoms with Crippen molar-refractivity contribution in [3.05, 3.63) is 6.33 Å². The largest absolute Gasteiger partial charge is 0.368 e. The predicted octanol–water partition coefficient (Wildman–Crippen LogP) is -0.102. The quantitative estimate of drug-likeness (QED) is 0.694. The molecule has 2 aromatic heterocycles. The van der Waals surface area contributed by atoms with Crippen LogP contribution in [0.1, 0.15) is 13.8 Å². The van der Waals surface area contributed by atoms with Crippen LogP contribution in [-0.2, 0) is 4.79 Å². The molecule has 0 aliphatic rings. The van der Waals surface area contributed by atoms with Gasteiger partial charge >= 0.3 is 0 Å². The van der Waals surface area contributed by atoms with Crippen molar-refractivity contribution in [3.63, 3.8) is 0 Å². The number of nitrogens with two attached hydrogens (primary N) is 1. The van der Waals surface area contributed by atoms with Crippen molar-refractivity contribution in [2.45, 2.75) is 13.8 Å². The summed E-state index contributed by atoms with van der Waals surface area (Å²) in [6.45, 7) is 5.27. The molecule has 0 aliphatic carbocycles. The molecule has 0 aromatic carbocycles. The lowest BCUT2D eigenvalue weighted by Crippen LogP contribution is -2.37. The first-order valence-corrected chi connectivity index (χ1v) is 6.14. The van der Waals surface area contributed by atoms with Gasteiger partial charge in [0, 0.05) is 13.1 Å². The van der Waals surface area contributed by atoms with Crippen molar-refractivity contribution in [1.29, 1.82) is 0 Å². The summed E-state index contributed by atoms with van der Waals surface area (Å²) in [6, 6.07) is 0. The molecular weight excluding hydrogens is 246 g/mol. The normalized spacial score (nSPS) is 10.6. The number of nitrogen functional groups attached to an aromatic ring is 1. The number of imidazole rings is 1. The van der Waals surface area contributed by atoms with Crippen LogP contribution < -0.4 is 16.0 Å². The smallest absolute Gasteiger partial charge is 0.239 e. The van der Waals surface area contributed by atoms with Crippen LogP contribution in [0.25, 0.3) is 11.2 Å². The molecular formula is C11H17N7O. The number of aromatic amines is 1. The summed E-state index contributed by atoms with van der Waals surface area (Å²) in [7, 11) is 0. The van der Waals surface area contributed by atoms with E-state index in [1.165, 1.54) is 6.33 Å². The fraction of sp³-hybridized carbons (Fsp3) is 0.455. The molecule has 2 heterocycles. The lowest BCUT2D eigenvalue weighted by Gasteiger charge is -2.21.